The number of halogens is 2. The van der Waals surface area contributed by atoms with Crippen LogP contribution in [-0.4, -0.2) is 11.4 Å². The van der Waals surface area contributed by atoms with Crippen molar-refractivity contribution in [2.24, 2.45) is 0 Å². The van der Waals surface area contributed by atoms with Crippen LogP contribution in [0.15, 0.2) is 35.2 Å². The lowest BCUT2D eigenvalue weighted by Gasteiger charge is -2.20. The highest BCUT2D eigenvalue weighted by Crippen LogP contribution is 2.36. The maximum Gasteiger partial charge on any atom is 0.251 e. The molecule has 2 rings (SSSR count). The smallest absolute Gasteiger partial charge is 0.251 e. The van der Waals surface area contributed by atoms with E-state index in [0.29, 0.717) is 28.3 Å². The number of carbonyl (C=O) groups is 1. The summed E-state index contributed by atoms with van der Waals surface area (Å²) in [7, 11) is 0. The minimum Gasteiger partial charge on any atom is -0.347 e. The second-order valence-corrected chi connectivity index (χ2v) is 8.71. The Bertz CT molecular complexity index is 797. The van der Waals surface area contributed by atoms with Gasteiger partial charge in [-0.15, -0.1) is 11.8 Å². The zero-order valence-electron chi connectivity index (χ0n) is 15.9. The summed E-state index contributed by atoms with van der Waals surface area (Å²) in [5.74, 6) is 0.381. The summed E-state index contributed by atoms with van der Waals surface area (Å²) < 4.78 is 14.0. The Kier molecular flexibility index (Phi) is 6.75. The maximum absolute atomic E-state index is 14.0. The van der Waals surface area contributed by atoms with E-state index in [4.69, 9.17) is 11.6 Å². The number of thioether (sulfide) groups is 1. The molecule has 0 aliphatic heterocycles. The minimum atomic E-state index is -0.264. The van der Waals surface area contributed by atoms with E-state index in [1.807, 2.05) is 58.9 Å². The topological polar surface area (TPSA) is 29.1 Å². The molecule has 0 aliphatic carbocycles. The molecule has 0 saturated heterocycles. The molecule has 0 heterocycles. The van der Waals surface area contributed by atoms with E-state index in [1.165, 1.54) is 6.07 Å². The second-order valence-electron chi connectivity index (χ2n) is 7.32. The van der Waals surface area contributed by atoms with Crippen molar-refractivity contribution in [2.45, 2.75) is 57.2 Å². The van der Waals surface area contributed by atoms with Crippen LogP contribution in [-0.2, 0) is 12.2 Å². The molecule has 1 N–H and O–H groups in total. The molecular formula is C21H25ClFNOS. The van der Waals surface area contributed by atoms with E-state index >= 15 is 0 Å². The highest BCUT2D eigenvalue weighted by Gasteiger charge is 2.16. The second kappa shape index (κ2) is 8.45. The van der Waals surface area contributed by atoms with Gasteiger partial charge < -0.3 is 5.32 Å². The Morgan fingerprint density at radius 3 is 2.38 bits per heavy atom. The molecule has 0 fully saturated rings. The van der Waals surface area contributed by atoms with Gasteiger partial charge in [-0.05, 0) is 69.0 Å². The van der Waals surface area contributed by atoms with Gasteiger partial charge in [-0.1, -0.05) is 30.7 Å². The van der Waals surface area contributed by atoms with Crippen LogP contribution in [0.4, 0.5) is 4.39 Å². The van der Waals surface area contributed by atoms with E-state index in [0.717, 1.165) is 16.0 Å². The summed E-state index contributed by atoms with van der Waals surface area (Å²) in [5, 5.41) is 3.40. The van der Waals surface area contributed by atoms with Crippen LogP contribution in [0.25, 0.3) is 0 Å². The van der Waals surface area contributed by atoms with E-state index < -0.39 is 0 Å². The molecule has 0 atom stereocenters. The molecule has 26 heavy (non-hydrogen) atoms. The number of hydrogen-bond donors (Lipinski definition) is 1. The fourth-order valence-electron chi connectivity index (χ4n) is 2.69. The zero-order valence-corrected chi connectivity index (χ0v) is 17.4. The number of hydrogen-bond acceptors (Lipinski definition) is 2. The molecule has 0 unspecified atom stereocenters. The lowest BCUT2D eigenvalue weighted by molar-refractivity contribution is 0.0919. The molecule has 140 valence electrons. The van der Waals surface area contributed by atoms with Crippen molar-refractivity contribution in [2.75, 3.05) is 0 Å². The molecule has 0 spiro atoms. The third kappa shape index (κ3) is 5.24. The van der Waals surface area contributed by atoms with Gasteiger partial charge >= 0.3 is 0 Å². The summed E-state index contributed by atoms with van der Waals surface area (Å²) in [4.78, 5) is 13.1. The summed E-state index contributed by atoms with van der Waals surface area (Å²) in [6.45, 7) is 9.71. The number of benzene rings is 2. The van der Waals surface area contributed by atoms with Crippen molar-refractivity contribution in [1.29, 1.82) is 0 Å². The molecule has 0 radical (unpaired) electrons. The third-order valence-corrected chi connectivity index (χ3v) is 5.70. The van der Waals surface area contributed by atoms with Crippen LogP contribution in [0.3, 0.4) is 0 Å². The fraction of sp³-hybridized carbons (Fsp3) is 0.381. The molecule has 0 aromatic heterocycles. The monoisotopic (exact) mass is 393 g/mol. The highest BCUT2D eigenvalue weighted by atomic mass is 35.5. The number of rotatable bonds is 5. The SMILES string of the molecule is CCc1c(F)cc(Cl)c(SCc2ccc(C(=O)NC(C)(C)C)cc2)c1C. The van der Waals surface area contributed by atoms with Gasteiger partial charge in [-0.3, -0.25) is 4.79 Å². The Morgan fingerprint density at radius 2 is 1.85 bits per heavy atom. The molecule has 0 bridgehead atoms. The van der Waals surface area contributed by atoms with E-state index in [1.54, 1.807) is 11.8 Å². The van der Waals surface area contributed by atoms with Crippen LogP contribution in [0, 0.1) is 12.7 Å². The van der Waals surface area contributed by atoms with Crippen LogP contribution in [0.1, 0.15) is 54.7 Å². The van der Waals surface area contributed by atoms with Gasteiger partial charge in [0.15, 0.2) is 0 Å². The summed E-state index contributed by atoms with van der Waals surface area (Å²) in [5.41, 5.74) is 3.08. The summed E-state index contributed by atoms with van der Waals surface area (Å²) >= 11 is 7.83. The molecule has 2 nitrogen and oxygen atoms in total. The first kappa shape index (κ1) is 20.8. The lowest BCUT2D eigenvalue weighted by atomic mass is 10.1. The predicted molar refractivity (Wildman–Crippen MR) is 109 cm³/mol. The predicted octanol–water partition coefficient (Wildman–Crippen LogP) is 6.17. The van der Waals surface area contributed by atoms with Gasteiger partial charge in [-0.2, -0.15) is 0 Å². The Labute approximate surface area is 164 Å². The molecule has 0 aliphatic rings. The van der Waals surface area contributed by atoms with E-state index in [9.17, 15) is 9.18 Å². The molecule has 2 aromatic carbocycles. The van der Waals surface area contributed by atoms with Gasteiger partial charge in [0.1, 0.15) is 5.82 Å². The normalized spacial score (nSPS) is 11.5. The molecule has 2 aromatic rings. The van der Waals surface area contributed by atoms with Crippen LogP contribution in [0.2, 0.25) is 5.02 Å². The summed E-state index contributed by atoms with van der Waals surface area (Å²) in [6, 6.07) is 8.94. The fourth-order valence-corrected chi connectivity index (χ4v) is 4.13. The van der Waals surface area contributed by atoms with E-state index in [2.05, 4.69) is 5.32 Å². The van der Waals surface area contributed by atoms with Crippen molar-refractivity contribution >= 4 is 29.3 Å². The molecule has 5 heteroatoms. The number of carbonyl (C=O) groups excluding carboxylic acids is 1. The molecule has 0 saturated carbocycles. The third-order valence-electron chi connectivity index (χ3n) is 3.99. The Hall–Kier alpha value is -1.52. The summed E-state index contributed by atoms with van der Waals surface area (Å²) in [6.07, 6.45) is 0.639. The van der Waals surface area contributed by atoms with Crippen molar-refractivity contribution in [3.63, 3.8) is 0 Å². The average molecular weight is 394 g/mol. The lowest BCUT2D eigenvalue weighted by Crippen LogP contribution is -2.40. The standard InChI is InChI=1S/C21H25ClFNOS/c1-6-16-13(2)19(17(22)11-18(16)23)26-12-14-7-9-15(10-8-14)20(25)24-21(3,4)5/h7-11H,6,12H2,1-5H3,(H,24,25). The van der Waals surface area contributed by atoms with Crippen LogP contribution >= 0.6 is 23.4 Å². The molecule has 1 amide bonds. The first-order valence-corrected chi connectivity index (χ1v) is 10.0. The Balaban J connectivity index is 2.11. The zero-order chi connectivity index (χ0) is 19.5. The van der Waals surface area contributed by atoms with Gasteiger partial charge in [0, 0.05) is 21.8 Å². The van der Waals surface area contributed by atoms with E-state index in [-0.39, 0.29) is 17.3 Å². The first-order chi connectivity index (χ1) is 12.1. The van der Waals surface area contributed by atoms with Crippen LogP contribution in [0.5, 0.6) is 0 Å². The average Bonchev–Trinajstić information content (AvgIpc) is 2.53. The van der Waals surface area contributed by atoms with Gasteiger partial charge in [0.05, 0.1) is 5.02 Å². The van der Waals surface area contributed by atoms with Crippen molar-refractivity contribution < 1.29 is 9.18 Å². The van der Waals surface area contributed by atoms with Crippen molar-refractivity contribution in [3.05, 3.63) is 63.4 Å². The van der Waals surface area contributed by atoms with Gasteiger partial charge in [0.25, 0.3) is 5.91 Å². The minimum absolute atomic E-state index is 0.0817. The number of amides is 1. The van der Waals surface area contributed by atoms with Gasteiger partial charge in [-0.25, -0.2) is 4.39 Å². The van der Waals surface area contributed by atoms with Crippen molar-refractivity contribution in [1.82, 2.24) is 5.32 Å². The van der Waals surface area contributed by atoms with Crippen LogP contribution < -0.4 is 5.32 Å². The first-order valence-electron chi connectivity index (χ1n) is 8.64. The largest absolute Gasteiger partial charge is 0.347 e. The number of nitrogens with one attached hydrogen (secondary N) is 1. The molecular weight excluding hydrogens is 369 g/mol. The van der Waals surface area contributed by atoms with Crippen molar-refractivity contribution in [3.8, 4) is 0 Å². The maximum atomic E-state index is 14.0. The highest BCUT2D eigenvalue weighted by molar-refractivity contribution is 7.98. The van der Waals surface area contributed by atoms with Gasteiger partial charge in [0.2, 0.25) is 0 Å². The quantitative estimate of drug-likeness (QED) is 0.615. The Morgan fingerprint density at radius 1 is 1.23 bits per heavy atom.